The van der Waals surface area contributed by atoms with Crippen molar-refractivity contribution in [2.75, 3.05) is 0 Å². The number of rotatable bonds is 2. The van der Waals surface area contributed by atoms with Crippen molar-refractivity contribution in [3.63, 3.8) is 0 Å². The maximum absolute atomic E-state index is 3.72. The zero-order valence-electron chi connectivity index (χ0n) is 12.2. The van der Waals surface area contributed by atoms with Crippen molar-refractivity contribution in [2.24, 2.45) is 0 Å². The van der Waals surface area contributed by atoms with Gasteiger partial charge in [0.25, 0.3) is 0 Å². The average molecular weight is 337 g/mol. The van der Waals surface area contributed by atoms with E-state index in [2.05, 4.69) is 96.5 Å². The van der Waals surface area contributed by atoms with Crippen molar-refractivity contribution in [1.29, 1.82) is 0 Å². The van der Waals surface area contributed by atoms with E-state index in [1.807, 2.05) is 0 Å². The van der Waals surface area contributed by atoms with Crippen molar-refractivity contribution < 1.29 is 0 Å². The summed E-state index contributed by atoms with van der Waals surface area (Å²) < 4.78 is 1.13. The minimum Gasteiger partial charge on any atom is -0.0614 e. The molecule has 0 amide bonds. The lowest BCUT2D eigenvalue weighted by Gasteiger charge is -2.13. The summed E-state index contributed by atoms with van der Waals surface area (Å²) in [5.74, 6) is 0. The van der Waals surface area contributed by atoms with E-state index in [4.69, 9.17) is 0 Å². The quantitative estimate of drug-likeness (QED) is 0.507. The van der Waals surface area contributed by atoms with Gasteiger partial charge in [-0.1, -0.05) is 87.7 Å². The molecule has 0 aliphatic rings. The van der Waals surface area contributed by atoms with Gasteiger partial charge in [-0.25, -0.2) is 0 Å². The van der Waals surface area contributed by atoms with Crippen LogP contribution in [-0.4, -0.2) is 0 Å². The first kappa shape index (κ1) is 14.1. The number of halogens is 1. The van der Waals surface area contributed by atoms with E-state index in [9.17, 15) is 0 Å². The summed E-state index contributed by atoms with van der Waals surface area (Å²) in [7, 11) is 0. The molecule has 0 aromatic heterocycles. The molecule has 3 rings (SSSR count). The monoisotopic (exact) mass is 336 g/mol. The van der Waals surface area contributed by atoms with E-state index in [0.717, 1.165) is 4.47 Å². The Bertz CT molecular complexity index is 770. The molecule has 0 fully saturated rings. The molecule has 3 aromatic rings. The molecule has 0 saturated heterocycles. The Morgan fingerprint density at radius 2 is 1.38 bits per heavy atom. The zero-order valence-corrected chi connectivity index (χ0v) is 13.8. The Hall–Kier alpha value is -1.86. The minimum atomic E-state index is 1.13. The maximum Gasteiger partial charge on any atom is 0.0259 e. The molecular formula is C20H17Br. The van der Waals surface area contributed by atoms with Crippen LogP contribution in [0.4, 0.5) is 0 Å². The molecule has 3 aromatic carbocycles. The molecule has 0 atom stereocenters. The van der Waals surface area contributed by atoms with Crippen LogP contribution in [0.2, 0.25) is 0 Å². The summed E-state index contributed by atoms with van der Waals surface area (Å²) in [4.78, 5) is 0. The maximum atomic E-state index is 3.72. The highest BCUT2D eigenvalue weighted by Crippen LogP contribution is 2.37. The van der Waals surface area contributed by atoms with Gasteiger partial charge in [0, 0.05) is 10.0 Å². The fourth-order valence-electron chi connectivity index (χ4n) is 2.59. The van der Waals surface area contributed by atoms with Crippen molar-refractivity contribution in [3.05, 3.63) is 82.3 Å². The molecule has 0 aliphatic heterocycles. The van der Waals surface area contributed by atoms with Crippen LogP contribution >= 0.6 is 15.9 Å². The average Bonchev–Trinajstić information content (AvgIpc) is 2.48. The summed E-state index contributed by atoms with van der Waals surface area (Å²) in [6.45, 7) is 4.25. The van der Waals surface area contributed by atoms with Crippen LogP contribution in [0.3, 0.4) is 0 Å². The molecule has 0 N–H and O–H groups in total. The van der Waals surface area contributed by atoms with Crippen LogP contribution in [-0.2, 0) is 0 Å². The van der Waals surface area contributed by atoms with Crippen molar-refractivity contribution >= 4 is 15.9 Å². The van der Waals surface area contributed by atoms with E-state index in [1.54, 1.807) is 0 Å². The summed E-state index contributed by atoms with van der Waals surface area (Å²) >= 11 is 3.72. The van der Waals surface area contributed by atoms with Gasteiger partial charge in [0.15, 0.2) is 0 Å². The second-order valence-electron chi connectivity index (χ2n) is 5.40. The van der Waals surface area contributed by atoms with Crippen molar-refractivity contribution in [1.82, 2.24) is 0 Å². The highest BCUT2D eigenvalue weighted by molar-refractivity contribution is 9.10. The summed E-state index contributed by atoms with van der Waals surface area (Å²) in [5.41, 5.74) is 7.57. The lowest BCUT2D eigenvalue weighted by atomic mass is 9.93. The molecule has 1 heteroatoms. The van der Waals surface area contributed by atoms with E-state index in [-0.39, 0.29) is 0 Å². The van der Waals surface area contributed by atoms with Crippen LogP contribution in [0.15, 0.2) is 71.2 Å². The smallest absolute Gasteiger partial charge is 0.0259 e. The number of benzene rings is 3. The predicted octanol–water partition coefficient (Wildman–Crippen LogP) is 6.40. The third kappa shape index (κ3) is 2.93. The first-order chi connectivity index (χ1) is 10.1. The van der Waals surface area contributed by atoms with Gasteiger partial charge in [-0.2, -0.15) is 0 Å². The second-order valence-corrected chi connectivity index (χ2v) is 6.25. The van der Waals surface area contributed by atoms with Gasteiger partial charge in [0.05, 0.1) is 0 Å². The molecule has 0 unspecified atom stereocenters. The summed E-state index contributed by atoms with van der Waals surface area (Å²) in [6, 6.07) is 23.7. The normalized spacial score (nSPS) is 10.6. The van der Waals surface area contributed by atoms with Gasteiger partial charge in [-0.05, 0) is 36.6 Å². The molecule has 21 heavy (non-hydrogen) atoms. The van der Waals surface area contributed by atoms with Gasteiger partial charge in [-0.15, -0.1) is 0 Å². The van der Waals surface area contributed by atoms with E-state index in [0.29, 0.717) is 0 Å². The first-order valence-corrected chi connectivity index (χ1v) is 7.87. The third-order valence-corrected chi connectivity index (χ3v) is 4.34. The van der Waals surface area contributed by atoms with Crippen molar-refractivity contribution in [2.45, 2.75) is 13.8 Å². The van der Waals surface area contributed by atoms with Gasteiger partial charge < -0.3 is 0 Å². The Morgan fingerprint density at radius 1 is 0.667 bits per heavy atom. The second kappa shape index (κ2) is 5.87. The van der Waals surface area contributed by atoms with E-state index in [1.165, 1.54) is 33.4 Å². The molecule has 0 radical (unpaired) electrons. The van der Waals surface area contributed by atoms with Gasteiger partial charge in [0.2, 0.25) is 0 Å². The Labute approximate surface area is 134 Å². The molecule has 0 saturated carbocycles. The molecule has 0 bridgehead atoms. The largest absolute Gasteiger partial charge is 0.0614 e. The highest BCUT2D eigenvalue weighted by Gasteiger charge is 2.10. The highest BCUT2D eigenvalue weighted by atomic mass is 79.9. The SMILES string of the molecule is Cc1ccc(-c2c(Br)cccc2-c2cccc(C)c2)cc1. The number of hydrogen-bond donors (Lipinski definition) is 0. The fourth-order valence-corrected chi connectivity index (χ4v) is 3.19. The molecule has 0 spiro atoms. The number of hydrogen-bond acceptors (Lipinski definition) is 0. The van der Waals surface area contributed by atoms with Crippen LogP contribution in [0.25, 0.3) is 22.3 Å². The lowest BCUT2D eigenvalue weighted by Crippen LogP contribution is -1.88. The minimum absolute atomic E-state index is 1.13. The predicted molar refractivity (Wildman–Crippen MR) is 94.5 cm³/mol. The standard InChI is InChI=1S/C20H17Br/c1-14-9-11-16(12-10-14)20-18(7-4-8-19(20)21)17-6-3-5-15(2)13-17/h3-13H,1-2H3. The van der Waals surface area contributed by atoms with Crippen LogP contribution in [0.1, 0.15) is 11.1 Å². The van der Waals surface area contributed by atoms with Gasteiger partial charge in [-0.3, -0.25) is 0 Å². The fraction of sp³-hybridized carbons (Fsp3) is 0.100. The zero-order chi connectivity index (χ0) is 14.8. The van der Waals surface area contributed by atoms with Gasteiger partial charge >= 0.3 is 0 Å². The summed E-state index contributed by atoms with van der Waals surface area (Å²) in [6.07, 6.45) is 0. The van der Waals surface area contributed by atoms with Crippen molar-refractivity contribution in [3.8, 4) is 22.3 Å². The number of aryl methyl sites for hydroxylation is 2. The Balaban J connectivity index is 2.23. The van der Waals surface area contributed by atoms with Crippen LogP contribution in [0.5, 0.6) is 0 Å². The molecule has 0 nitrogen and oxygen atoms in total. The Morgan fingerprint density at radius 3 is 2.10 bits per heavy atom. The van der Waals surface area contributed by atoms with E-state index < -0.39 is 0 Å². The molecule has 0 heterocycles. The topological polar surface area (TPSA) is 0 Å². The Kier molecular flexibility index (Phi) is 3.94. The summed E-state index contributed by atoms with van der Waals surface area (Å²) in [5, 5.41) is 0. The molecule has 0 aliphatic carbocycles. The first-order valence-electron chi connectivity index (χ1n) is 7.08. The van der Waals surface area contributed by atoms with Crippen LogP contribution < -0.4 is 0 Å². The van der Waals surface area contributed by atoms with Crippen LogP contribution in [0, 0.1) is 13.8 Å². The van der Waals surface area contributed by atoms with Gasteiger partial charge in [0.1, 0.15) is 0 Å². The third-order valence-electron chi connectivity index (χ3n) is 3.68. The molecule has 104 valence electrons. The molecular weight excluding hydrogens is 320 g/mol. The lowest BCUT2D eigenvalue weighted by molar-refractivity contribution is 1.45. The van der Waals surface area contributed by atoms with E-state index >= 15 is 0 Å².